The fraction of sp³-hybridized carbons (Fsp3) is 0.545. The summed E-state index contributed by atoms with van der Waals surface area (Å²) in [4.78, 5) is 0.776. The van der Waals surface area contributed by atoms with Gasteiger partial charge in [0.1, 0.15) is 0 Å². The Morgan fingerprint density at radius 1 is 1.33 bits per heavy atom. The van der Waals surface area contributed by atoms with Crippen molar-refractivity contribution in [3.05, 3.63) is 21.9 Å². The first kappa shape index (κ1) is 18.6. The van der Waals surface area contributed by atoms with Gasteiger partial charge in [0, 0.05) is 4.88 Å². The highest BCUT2D eigenvalue weighted by Gasteiger charge is 2.38. The van der Waals surface area contributed by atoms with E-state index in [0.29, 0.717) is 0 Å². The maximum absolute atomic E-state index is 13.1. The number of alkyl halides is 3. The summed E-state index contributed by atoms with van der Waals surface area (Å²) in [5.41, 5.74) is -1.03. The Labute approximate surface area is 130 Å². The number of hydrazone groups is 1. The first-order chi connectivity index (χ1) is 9.72. The molecular weight excluding hydrogens is 344 g/mol. The third-order valence-electron chi connectivity index (χ3n) is 2.12. The molecule has 1 rings (SSSR count). The van der Waals surface area contributed by atoms with Gasteiger partial charge in [-0.05, 0) is 44.7 Å². The molecule has 0 saturated carbocycles. The molecule has 1 N–H and O–H groups in total. The lowest BCUT2D eigenvalue weighted by Crippen LogP contribution is -2.26. The molecule has 0 aliphatic rings. The zero-order valence-electron chi connectivity index (χ0n) is 11.7. The number of nitrogens with zero attached hydrogens (tertiary/aromatic N) is 1. The van der Waals surface area contributed by atoms with Crippen LogP contribution in [0.2, 0.25) is 0 Å². The Hall–Kier alpha value is -0.470. The average molecular weight is 360 g/mol. The van der Waals surface area contributed by atoms with Gasteiger partial charge >= 0.3 is 12.8 Å². The Bertz CT molecular complexity index is 536. The van der Waals surface area contributed by atoms with Gasteiger partial charge < -0.3 is 9.05 Å². The lowest BCUT2D eigenvalue weighted by atomic mass is 10.3. The minimum atomic E-state index is -4.59. The van der Waals surface area contributed by atoms with Gasteiger partial charge in [0.25, 0.3) is 0 Å². The van der Waals surface area contributed by atoms with Crippen molar-refractivity contribution in [1.82, 2.24) is 5.20 Å². The number of aryl methyl sites for hydroxylation is 1. The van der Waals surface area contributed by atoms with Crippen molar-refractivity contribution in [2.45, 2.75) is 26.9 Å². The predicted octanol–water partition coefficient (Wildman–Crippen LogP) is 4.21. The van der Waals surface area contributed by atoms with Crippen LogP contribution in [0.4, 0.5) is 13.2 Å². The predicted molar refractivity (Wildman–Crippen MR) is 82.3 cm³/mol. The van der Waals surface area contributed by atoms with E-state index in [1.807, 2.05) is 0 Å². The Balaban J connectivity index is 3.07. The van der Waals surface area contributed by atoms with Crippen LogP contribution in [0.3, 0.4) is 0 Å². The maximum Gasteiger partial charge on any atom is 0.436 e. The molecule has 0 amide bonds. The molecule has 0 radical (unpaired) electrons. The summed E-state index contributed by atoms with van der Waals surface area (Å²) in [6, 6.07) is 2.97. The summed E-state index contributed by atoms with van der Waals surface area (Å²) >= 11 is 6.09. The average Bonchev–Trinajstić information content (AvgIpc) is 2.74. The van der Waals surface area contributed by atoms with E-state index in [1.165, 1.54) is 6.07 Å². The molecule has 1 aromatic rings. The van der Waals surface area contributed by atoms with Crippen LogP contribution in [-0.4, -0.2) is 25.1 Å². The van der Waals surface area contributed by atoms with Crippen molar-refractivity contribution in [3.63, 3.8) is 0 Å². The lowest BCUT2D eigenvalue weighted by molar-refractivity contribution is -0.0581. The number of thiophene rings is 1. The van der Waals surface area contributed by atoms with E-state index in [0.717, 1.165) is 16.2 Å². The fourth-order valence-electron chi connectivity index (χ4n) is 1.37. The summed E-state index contributed by atoms with van der Waals surface area (Å²) in [6.45, 7) is 2.47. The van der Waals surface area contributed by atoms with Crippen molar-refractivity contribution in [2.75, 3.05) is 13.2 Å². The molecule has 0 fully saturated rings. The molecular formula is C11H16F3N2O2PS2. The smallest absolute Gasteiger partial charge is 0.313 e. The Morgan fingerprint density at radius 3 is 2.29 bits per heavy atom. The van der Waals surface area contributed by atoms with E-state index in [-0.39, 0.29) is 18.1 Å². The van der Waals surface area contributed by atoms with E-state index in [1.54, 1.807) is 26.8 Å². The highest BCUT2D eigenvalue weighted by molar-refractivity contribution is 8.08. The van der Waals surface area contributed by atoms with Gasteiger partial charge in [-0.2, -0.15) is 18.3 Å². The van der Waals surface area contributed by atoms with Gasteiger partial charge in [0.2, 0.25) is 0 Å². The van der Waals surface area contributed by atoms with Crippen LogP contribution >= 0.6 is 18.0 Å². The van der Waals surface area contributed by atoms with Gasteiger partial charge in [-0.3, -0.25) is 0 Å². The van der Waals surface area contributed by atoms with Gasteiger partial charge in [-0.1, -0.05) is 0 Å². The third-order valence-corrected chi connectivity index (χ3v) is 5.55. The molecule has 1 heterocycles. The maximum atomic E-state index is 13.1. The van der Waals surface area contributed by atoms with Crippen LogP contribution in [0.1, 0.15) is 23.6 Å². The number of hydrogen-bond acceptors (Lipinski definition) is 5. The number of rotatable bonds is 7. The van der Waals surface area contributed by atoms with Crippen molar-refractivity contribution in [3.8, 4) is 0 Å². The Kier molecular flexibility index (Phi) is 6.80. The topological polar surface area (TPSA) is 42.8 Å². The van der Waals surface area contributed by atoms with Crippen molar-refractivity contribution in [1.29, 1.82) is 0 Å². The standard InChI is InChI=1S/C11H16F3N2O2PS2/c1-4-17-19(20,18-5-2)16-15-10(11(12,13)14)9-7-6-8(3)21-9/h6-7H,4-5H2,1-3H3,(H,16,20)/b15-10-. The van der Waals surface area contributed by atoms with E-state index >= 15 is 0 Å². The van der Waals surface area contributed by atoms with E-state index in [2.05, 4.69) is 10.3 Å². The second kappa shape index (κ2) is 7.69. The van der Waals surface area contributed by atoms with Gasteiger partial charge in [0.15, 0.2) is 5.71 Å². The fourth-order valence-corrected chi connectivity index (χ4v) is 4.09. The summed E-state index contributed by atoms with van der Waals surface area (Å²) in [7, 11) is 0. The third kappa shape index (κ3) is 5.67. The first-order valence-corrected chi connectivity index (χ1v) is 9.55. The van der Waals surface area contributed by atoms with Crippen LogP contribution in [0.5, 0.6) is 0 Å². The lowest BCUT2D eigenvalue weighted by Gasteiger charge is -2.20. The van der Waals surface area contributed by atoms with Crippen LogP contribution in [0, 0.1) is 6.92 Å². The van der Waals surface area contributed by atoms with Gasteiger partial charge in [-0.15, -0.1) is 11.3 Å². The molecule has 0 aromatic carbocycles. The highest BCUT2D eigenvalue weighted by atomic mass is 32.5. The monoisotopic (exact) mass is 360 g/mol. The molecule has 21 heavy (non-hydrogen) atoms. The molecule has 0 aliphatic heterocycles. The molecule has 120 valence electrons. The van der Waals surface area contributed by atoms with Gasteiger partial charge in [-0.25, -0.2) is 5.20 Å². The van der Waals surface area contributed by atoms with Gasteiger partial charge in [0.05, 0.1) is 18.1 Å². The number of hydrogen-bond donors (Lipinski definition) is 1. The summed E-state index contributed by atoms with van der Waals surface area (Å²) in [6.07, 6.45) is -4.59. The number of nitrogens with one attached hydrogen (secondary N) is 1. The van der Waals surface area contributed by atoms with Crippen molar-refractivity contribution < 1.29 is 22.2 Å². The summed E-state index contributed by atoms with van der Waals surface area (Å²) in [5.74, 6) is 0. The highest BCUT2D eigenvalue weighted by Crippen LogP contribution is 2.44. The summed E-state index contributed by atoms with van der Waals surface area (Å²) in [5, 5.41) is 5.70. The molecule has 4 nitrogen and oxygen atoms in total. The zero-order valence-corrected chi connectivity index (χ0v) is 14.3. The van der Waals surface area contributed by atoms with E-state index < -0.39 is 18.5 Å². The van der Waals surface area contributed by atoms with Crippen molar-refractivity contribution in [2.24, 2.45) is 5.10 Å². The molecule has 0 unspecified atom stereocenters. The summed E-state index contributed by atoms with van der Waals surface area (Å²) < 4.78 is 49.7. The second-order valence-electron chi connectivity index (χ2n) is 3.80. The van der Waals surface area contributed by atoms with Crippen LogP contribution in [-0.2, 0) is 20.9 Å². The van der Waals surface area contributed by atoms with Crippen LogP contribution in [0.25, 0.3) is 0 Å². The molecule has 0 bridgehead atoms. The zero-order chi connectivity index (χ0) is 16.1. The molecule has 0 atom stereocenters. The molecule has 0 aliphatic carbocycles. The second-order valence-corrected chi connectivity index (χ2v) is 8.24. The quantitative estimate of drug-likeness (QED) is 0.449. The first-order valence-electron chi connectivity index (χ1n) is 6.10. The minimum Gasteiger partial charge on any atom is -0.313 e. The van der Waals surface area contributed by atoms with E-state index in [9.17, 15) is 13.2 Å². The molecule has 0 spiro atoms. The SMILES string of the molecule is CCOP(=S)(N/N=C(/c1ccc(C)s1)C(F)(F)F)OCC. The van der Waals surface area contributed by atoms with Crippen LogP contribution in [0.15, 0.2) is 17.2 Å². The van der Waals surface area contributed by atoms with Crippen molar-refractivity contribution >= 4 is 35.5 Å². The largest absolute Gasteiger partial charge is 0.436 e. The molecule has 1 aromatic heterocycles. The molecule has 10 heteroatoms. The normalized spacial score (nSPS) is 13.5. The van der Waals surface area contributed by atoms with E-state index in [4.69, 9.17) is 20.9 Å². The number of halogens is 3. The van der Waals surface area contributed by atoms with Crippen LogP contribution < -0.4 is 5.20 Å². The molecule has 0 saturated heterocycles. The minimum absolute atomic E-state index is 0.0158. The Morgan fingerprint density at radius 2 is 1.90 bits per heavy atom.